The Morgan fingerprint density at radius 2 is 1.84 bits per heavy atom. The van der Waals surface area contributed by atoms with Crippen molar-refractivity contribution in [3.63, 3.8) is 0 Å². The van der Waals surface area contributed by atoms with Gasteiger partial charge in [-0.2, -0.15) is 0 Å². The molecule has 0 radical (unpaired) electrons. The molecule has 1 aromatic carbocycles. The second-order valence-electron chi connectivity index (χ2n) is 4.35. The summed E-state index contributed by atoms with van der Waals surface area (Å²) in [6, 6.07) is 6.45. The number of anilines is 1. The fraction of sp³-hybridized carbons (Fsp3) is 0.417. The van der Waals surface area contributed by atoms with E-state index in [0.717, 1.165) is 6.26 Å². The predicted octanol–water partition coefficient (Wildman–Crippen LogP) is 0.396. The Bertz CT molecular complexity index is 526. The van der Waals surface area contributed by atoms with Crippen molar-refractivity contribution in [2.24, 2.45) is 0 Å². The highest BCUT2D eigenvalue weighted by atomic mass is 32.2. The Morgan fingerprint density at radius 3 is 2.32 bits per heavy atom. The number of likely N-dealkylation sites (N-methyl/N-ethyl adjacent to an activating group) is 1. The van der Waals surface area contributed by atoms with Gasteiger partial charge in [-0.3, -0.25) is 9.52 Å². The zero-order valence-corrected chi connectivity index (χ0v) is 12.0. The zero-order chi connectivity index (χ0) is 14.5. The lowest BCUT2D eigenvalue weighted by Gasteiger charge is -2.11. The molecule has 19 heavy (non-hydrogen) atoms. The van der Waals surface area contributed by atoms with Crippen molar-refractivity contribution in [2.75, 3.05) is 24.6 Å². The summed E-state index contributed by atoms with van der Waals surface area (Å²) in [5, 5.41) is 5.79. The van der Waals surface area contributed by atoms with Crippen LogP contribution < -0.4 is 15.4 Å². The van der Waals surface area contributed by atoms with Gasteiger partial charge in [-0.05, 0) is 38.2 Å². The highest BCUT2D eigenvalue weighted by molar-refractivity contribution is 7.92. The van der Waals surface area contributed by atoms with Crippen LogP contribution in [0.2, 0.25) is 0 Å². The summed E-state index contributed by atoms with van der Waals surface area (Å²) in [6.45, 7) is 2.48. The van der Waals surface area contributed by atoms with Gasteiger partial charge in [0.2, 0.25) is 10.0 Å². The average molecular weight is 285 g/mol. The second kappa shape index (κ2) is 6.53. The van der Waals surface area contributed by atoms with Crippen molar-refractivity contribution in [3.05, 3.63) is 29.8 Å². The van der Waals surface area contributed by atoms with Crippen LogP contribution in [0.4, 0.5) is 5.69 Å². The molecule has 0 bridgehead atoms. The number of sulfonamides is 1. The molecule has 0 aliphatic heterocycles. The Morgan fingerprint density at radius 1 is 1.26 bits per heavy atom. The summed E-state index contributed by atoms with van der Waals surface area (Å²) in [5.74, 6) is -0.187. The van der Waals surface area contributed by atoms with Crippen LogP contribution in [0, 0.1) is 0 Å². The van der Waals surface area contributed by atoms with E-state index in [4.69, 9.17) is 0 Å². The van der Waals surface area contributed by atoms with E-state index in [1.165, 1.54) is 0 Å². The van der Waals surface area contributed by atoms with E-state index in [1.807, 2.05) is 14.0 Å². The van der Waals surface area contributed by atoms with Gasteiger partial charge in [0.25, 0.3) is 5.91 Å². The Balaban J connectivity index is 2.63. The van der Waals surface area contributed by atoms with E-state index >= 15 is 0 Å². The summed E-state index contributed by atoms with van der Waals surface area (Å²) in [4.78, 5) is 11.8. The third kappa shape index (κ3) is 5.71. The summed E-state index contributed by atoms with van der Waals surface area (Å²) in [7, 11) is -1.47. The Labute approximate surface area is 113 Å². The number of hydrogen-bond acceptors (Lipinski definition) is 4. The number of carbonyl (C=O) groups is 1. The lowest BCUT2D eigenvalue weighted by molar-refractivity contribution is 0.0950. The number of nitrogens with one attached hydrogen (secondary N) is 3. The molecule has 1 amide bonds. The normalized spacial score (nSPS) is 12.8. The average Bonchev–Trinajstić information content (AvgIpc) is 2.34. The minimum Gasteiger partial charge on any atom is -0.350 e. The van der Waals surface area contributed by atoms with Gasteiger partial charge in [0.15, 0.2) is 0 Å². The van der Waals surface area contributed by atoms with Crippen LogP contribution in [0.1, 0.15) is 17.3 Å². The van der Waals surface area contributed by atoms with Crippen molar-refractivity contribution in [2.45, 2.75) is 13.0 Å². The highest BCUT2D eigenvalue weighted by Crippen LogP contribution is 2.10. The van der Waals surface area contributed by atoms with Crippen LogP contribution in [-0.2, 0) is 10.0 Å². The smallest absolute Gasteiger partial charge is 0.251 e. The molecule has 6 nitrogen and oxygen atoms in total. The molecule has 106 valence electrons. The third-order valence-corrected chi connectivity index (χ3v) is 3.12. The van der Waals surface area contributed by atoms with E-state index < -0.39 is 10.0 Å². The van der Waals surface area contributed by atoms with Crippen LogP contribution in [0.15, 0.2) is 24.3 Å². The maximum Gasteiger partial charge on any atom is 0.251 e. The largest absolute Gasteiger partial charge is 0.350 e. The lowest BCUT2D eigenvalue weighted by Crippen LogP contribution is -2.37. The number of carbonyl (C=O) groups excluding carboxylic acids is 1. The number of benzene rings is 1. The van der Waals surface area contributed by atoms with Gasteiger partial charge >= 0.3 is 0 Å². The van der Waals surface area contributed by atoms with E-state index in [1.54, 1.807) is 24.3 Å². The molecule has 0 aliphatic rings. The minimum atomic E-state index is -3.29. The van der Waals surface area contributed by atoms with Crippen molar-refractivity contribution in [1.82, 2.24) is 10.6 Å². The van der Waals surface area contributed by atoms with Gasteiger partial charge in [0.05, 0.1) is 6.26 Å². The summed E-state index contributed by atoms with van der Waals surface area (Å²) >= 11 is 0. The monoisotopic (exact) mass is 285 g/mol. The maximum atomic E-state index is 11.8. The minimum absolute atomic E-state index is 0.187. The third-order valence-electron chi connectivity index (χ3n) is 2.51. The molecule has 0 spiro atoms. The topological polar surface area (TPSA) is 87.3 Å². The molecule has 0 saturated heterocycles. The van der Waals surface area contributed by atoms with Gasteiger partial charge in [-0.1, -0.05) is 0 Å². The Kier molecular flexibility index (Phi) is 5.31. The number of amides is 1. The van der Waals surface area contributed by atoms with E-state index in [9.17, 15) is 13.2 Å². The first-order chi connectivity index (χ1) is 8.81. The fourth-order valence-corrected chi connectivity index (χ4v) is 1.92. The first-order valence-corrected chi connectivity index (χ1v) is 7.74. The molecule has 0 aliphatic carbocycles. The van der Waals surface area contributed by atoms with Crippen LogP contribution >= 0.6 is 0 Å². The van der Waals surface area contributed by atoms with E-state index in [2.05, 4.69) is 15.4 Å². The van der Waals surface area contributed by atoms with Gasteiger partial charge in [0, 0.05) is 23.8 Å². The molecule has 7 heteroatoms. The molecule has 0 fully saturated rings. The molecule has 1 unspecified atom stereocenters. The van der Waals surface area contributed by atoms with Crippen molar-refractivity contribution >= 4 is 21.6 Å². The summed E-state index contributed by atoms with van der Waals surface area (Å²) in [6.07, 6.45) is 1.08. The number of rotatable bonds is 6. The molecular formula is C12H19N3O3S. The molecule has 1 atom stereocenters. The quantitative estimate of drug-likeness (QED) is 0.706. The molecular weight excluding hydrogens is 266 g/mol. The second-order valence-corrected chi connectivity index (χ2v) is 6.10. The summed E-state index contributed by atoms with van der Waals surface area (Å²) in [5.41, 5.74) is 0.921. The predicted molar refractivity (Wildman–Crippen MR) is 75.8 cm³/mol. The van der Waals surface area contributed by atoms with Crippen molar-refractivity contribution < 1.29 is 13.2 Å². The number of hydrogen-bond donors (Lipinski definition) is 3. The van der Waals surface area contributed by atoms with Gasteiger partial charge in [-0.15, -0.1) is 0 Å². The molecule has 0 aromatic heterocycles. The highest BCUT2D eigenvalue weighted by Gasteiger charge is 2.07. The van der Waals surface area contributed by atoms with Gasteiger partial charge in [-0.25, -0.2) is 8.42 Å². The maximum absolute atomic E-state index is 11.8. The van der Waals surface area contributed by atoms with Crippen molar-refractivity contribution in [3.8, 4) is 0 Å². The molecule has 0 saturated carbocycles. The van der Waals surface area contributed by atoms with Crippen LogP contribution in [0.25, 0.3) is 0 Å². The Hall–Kier alpha value is -1.60. The molecule has 3 N–H and O–H groups in total. The standard InChI is InChI=1S/C12H19N3O3S/c1-9(13-2)8-14-12(16)10-4-6-11(7-5-10)15-19(3,17)18/h4-7,9,13,15H,8H2,1-3H3,(H,14,16). The SMILES string of the molecule is CNC(C)CNC(=O)c1ccc(NS(C)(=O)=O)cc1. The zero-order valence-electron chi connectivity index (χ0n) is 11.2. The van der Waals surface area contributed by atoms with Crippen LogP contribution in [-0.4, -0.2) is 40.2 Å². The van der Waals surface area contributed by atoms with Crippen LogP contribution in [0.3, 0.4) is 0 Å². The fourth-order valence-electron chi connectivity index (χ4n) is 1.35. The first kappa shape index (κ1) is 15.5. The first-order valence-electron chi connectivity index (χ1n) is 5.85. The molecule has 0 heterocycles. The lowest BCUT2D eigenvalue weighted by atomic mass is 10.2. The van der Waals surface area contributed by atoms with Gasteiger partial charge < -0.3 is 10.6 Å². The van der Waals surface area contributed by atoms with E-state index in [-0.39, 0.29) is 11.9 Å². The van der Waals surface area contributed by atoms with E-state index in [0.29, 0.717) is 17.8 Å². The summed E-state index contributed by atoms with van der Waals surface area (Å²) < 4.78 is 24.4. The van der Waals surface area contributed by atoms with Gasteiger partial charge in [0.1, 0.15) is 0 Å². The van der Waals surface area contributed by atoms with Crippen molar-refractivity contribution in [1.29, 1.82) is 0 Å². The molecule has 1 rings (SSSR count). The molecule has 1 aromatic rings. The van der Waals surface area contributed by atoms with Crippen LogP contribution in [0.5, 0.6) is 0 Å².